The van der Waals surface area contributed by atoms with Crippen LogP contribution in [0.15, 0.2) is 33.2 Å². The van der Waals surface area contributed by atoms with E-state index in [0.29, 0.717) is 22.6 Å². The van der Waals surface area contributed by atoms with Gasteiger partial charge < -0.3 is 9.15 Å². The first-order valence-corrected chi connectivity index (χ1v) is 7.22. The molecule has 0 saturated carbocycles. The second-order valence-corrected chi connectivity index (χ2v) is 5.64. The molecule has 110 valence electrons. The lowest BCUT2D eigenvalue weighted by Gasteiger charge is -2.05. The Labute approximate surface area is 131 Å². The number of aryl methyl sites for hydroxylation is 2. The minimum Gasteiger partial charge on any atom is -0.465 e. The number of carbonyl (C=O) groups excluding carboxylic acids is 2. The molecule has 2 aromatic rings. The molecule has 0 aliphatic heterocycles. The maximum Gasteiger partial charge on any atom is 0.342 e. The summed E-state index contributed by atoms with van der Waals surface area (Å²) in [4.78, 5) is 24.0. The smallest absolute Gasteiger partial charge is 0.342 e. The van der Waals surface area contributed by atoms with Crippen molar-refractivity contribution in [2.45, 2.75) is 20.8 Å². The van der Waals surface area contributed by atoms with Gasteiger partial charge in [0.05, 0.1) is 0 Å². The summed E-state index contributed by atoms with van der Waals surface area (Å²) in [7, 11) is 0. The van der Waals surface area contributed by atoms with E-state index in [0.717, 1.165) is 10.0 Å². The van der Waals surface area contributed by atoms with Crippen LogP contribution in [0, 0.1) is 20.8 Å². The second kappa shape index (κ2) is 6.26. The van der Waals surface area contributed by atoms with Gasteiger partial charge in [-0.3, -0.25) is 4.79 Å². The van der Waals surface area contributed by atoms with Crippen molar-refractivity contribution in [3.63, 3.8) is 0 Å². The summed E-state index contributed by atoms with van der Waals surface area (Å²) in [5.41, 5.74) is 1.65. The van der Waals surface area contributed by atoms with E-state index < -0.39 is 5.97 Å². The first-order chi connectivity index (χ1) is 9.90. The summed E-state index contributed by atoms with van der Waals surface area (Å²) >= 11 is 3.30. The van der Waals surface area contributed by atoms with Gasteiger partial charge in [0.1, 0.15) is 17.1 Å². The van der Waals surface area contributed by atoms with E-state index in [9.17, 15) is 9.59 Å². The van der Waals surface area contributed by atoms with Gasteiger partial charge in [-0.1, -0.05) is 28.1 Å². The van der Waals surface area contributed by atoms with Gasteiger partial charge in [0, 0.05) is 15.6 Å². The molecule has 4 nitrogen and oxygen atoms in total. The third kappa shape index (κ3) is 3.42. The number of rotatable bonds is 4. The van der Waals surface area contributed by atoms with Crippen molar-refractivity contribution < 1.29 is 18.7 Å². The number of Topliss-reactive ketones (excluding diaryl/α,β-unsaturated/α-hetero) is 1. The third-order valence-electron chi connectivity index (χ3n) is 3.27. The molecule has 0 aliphatic rings. The molecule has 5 heteroatoms. The average Bonchev–Trinajstić information content (AvgIpc) is 2.70. The number of furan rings is 1. The Morgan fingerprint density at radius 1 is 1.10 bits per heavy atom. The summed E-state index contributed by atoms with van der Waals surface area (Å²) in [6.45, 7) is 4.99. The van der Waals surface area contributed by atoms with Crippen LogP contribution in [0.5, 0.6) is 0 Å². The van der Waals surface area contributed by atoms with Crippen LogP contribution in [-0.2, 0) is 4.74 Å². The second-order valence-electron chi connectivity index (χ2n) is 4.72. The predicted octanol–water partition coefficient (Wildman–Crippen LogP) is 4.01. The number of carbonyl (C=O) groups is 2. The minimum absolute atomic E-state index is 0.244. The van der Waals surface area contributed by atoms with Crippen LogP contribution in [-0.4, -0.2) is 18.4 Å². The van der Waals surface area contributed by atoms with Crippen LogP contribution in [0.1, 0.15) is 37.8 Å². The van der Waals surface area contributed by atoms with Crippen LogP contribution in [0.4, 0.5) is 0 Å². The molecule has 21 heavy (non-hydrogen) atoms. The number of esters is 1. The van der Waals surface area contributed by atoms with Crippen molar-refractivity contribution in [2.75, 3.05) is 6.61 Å². The number of hydrogen-bond donors (Lipinski definition) is 0. The average molecular weight is 351 g/mol. The molecule has 0 bridgehead atoms. The van der Waals surface area contributed by atoms with Gasteiger partial charge in [0.25, 0.3) is 0 Å². The molecule has 0 aliphatic carbocycles. The van der Waals surface area contributed by atoms with Gasteiger partial charge in [-0.25, -0.2) is 4.79 Å². The highest BCUT2D eigenvalue weighted by Gasteiger charge is 2.20. The van der Waals surface area contributed by atoms with Crippen molar-refractivity contribution in [1.29, 1.82) is 0 Å². The number of hydrogen-bond acceptors (Lipinski definition) is 4. The zero-order valence-electron chi connectivity index (χ0n) is 12.0. The molecule has 2 rings (SSSR count). The van der Waals surface area contributed by atoms with Gasteiger partial charge in [0.15, 0.2) is 12.4 Å². The molecule has 0 radical (unpaired) electrons. The highest BCUT2D eigenvalue weighted by atomic mass is 79.9. The van der Waals surface area contributed by atoms with E-state index in [-0.39, 0.29) is 12.4 Å². The maximum absolute atomic E-state index is 12.0. The van der Waals surface area contributed by atoms with Gasteiger partial charge in [-0.2, -0.15) is 0 Å². The fraction of sp³-hybridized carbons (Fsp3) is 0.250. The van der Waals surface area contributed by atoms with Crippen LogP contribution in [0.2, 0.25) is 0 Å². The molecule has 0 saturated heterocycles. The van der Waals surface area contributed by atoms with E-state index in [1.807, 2.05) is 0 Å². The zero-order chi connectivity index (χ0) is 15.6. The molecular formula is C16H15BrO4. The molecule has 0 amide bonds. The predicted molar refractivity (Wildman–Crippen MR) is 81.7 cm³/mol. The summed E-state index contributed by atoms with van der Waals surface area (Å²) < 4.78 is 11.4. The van der Waals surface area contributed by atoms with E-state index in [1.54, 1.807) is 45.0 Å². The number of halogens is 1. The topological polar surface area (TPSA) is 56.5 Å². The first-order valence-electron chi connectivity index (χ1n) is 6.42. The molecule has 0 N–H and O–H groups in total. The molecule has 0 atom stereocenters. The molecular weight excluding hydrogens is 336 g/mol. The lowest BCUT2D eigenvalue weighted by Crippen LogP contribution is -2.15. The van der Waals surface area contributed by atoms with Crippen molar-refractivity contribution in [2.24, 2.45) is 0 Å². The molecule has 0 unspecified atom stereocenters. The number of ketones is 1. The lowest BCUT2D eigenvalue weighted by atomic mass is 10.1. The zero-order valence-corrected chi connectivity index (χ0v) is 13.6. The highest BCUT2D eigenvalue weighted by molar-refractivity contribution is 9.10. The largest absolute Gasteiger partial charge is 0.465 e. The normalized spacial score (nSPS) is 10.5. The highest BCUT2D eigenvalue weighted by Crippen LogP contribution is 2.21. The van der Waals surface area contributed by atoms with E-state index in [4.69, 9.17) is 9.15 Å². The van der Waals surface area contributed by atoms with Crippen molar-refractivity contribution in [1.82, 2.24) is 0 Å². The summed E-state index contributed by atoms with van der Waals surface area (Å²) in [6.07, 6.45) is 0. The molecule has 1 aromatic carbocycles. The van der Waals surface area contributed by atoms with Crippen LogP contribution >= 0.6 is 15.9 Å². The standard InChI is InChI=1S/C16H15BrO4/c1-9-10(2)21-11(3)15(9)16(19)20-8-14(18)12-4-6-13(17)7-5-12/h4-7H,8H2,1-3H3. The third-order valence-corrected chi connectivity index (χ3v) is 3.79. The summed E-state index contributed by atoms with van der Waals surface area (Å²) in [6, 6.07) is 6.89. The van der Waals surface area contributed by atoms with Gasteiger partial charge >= 0.3 is 5.97 Å². The Morgan fingerprint density at radius 2 is 1.71 bits per heavy atom. The van der Waals surface area contributed by atoms with E-state index >= 15 is 0 Å². The van der Waals surface area contributed by atoms with Gasteiger partial charge in [0.2, 0.25) is 0 Å². The van der Waals surface area contributed by atoms with E-state index in [1.165, 1.54) is 0 Å². The van der Waals surface area contributed by atoms with E-state index in [2.05, 4.69) is 15.9 Å². The van der Waals surface area contributed by atoms with Gasteiger partial charge in [-0.05, 0) is 32.9 Å². The minimum atomic E-state index is -0.535. The Hall–Kier alpha value is -1.88. The fourth-order valence-electron chi connectivity index (χ4n) is 2.02. The summed E-state index contributed by atoms with van der Waals surface area (Å²) in [5.74, 6) is 0.406. The van der Waals surface area contributed by atoms with Crippen LogP contribution < -0.4 is 0 Å². The number of benzene rings is 1. The molecule has 1 heterocycles. The maximum atomic E-state index is 12.0. The summed E-state index contributed by atoms with van der Waals surface area (Å²) in [5, 5.41) is 0. The Balaban J connectivity index is 2.04. The quantitative estimate of drug-likeness (QED) is 0.617. The molecule has 1 aromatic heterocycles. The van der Waals surface area contributed by atoms with Crippen LogP contribution in [0.3, 0.4) is 0 Å². The Morgan fingerprint density at radius 3 is 2.24 bits per heavy atom. The van der Waals surface area contributed by atoms with Crippen molar-refractivity contribution >= 4 is 27.7 Å². The fourth-order valence-corrected chi connectivity index (χ4v) is 2.28. The van der Waals surface area contributed by atoms with Gasteiger partial charge in [-0.15, -0.1) is 0 Å². The Bertz CT molecular complexity index is 683. The SMILES string of the molecule is Cc1oc(C)c(C(=O)OCC(=O)c2ccc(Br)cc2)c1C. The lowest BCUT2D eigenvalue weighted by molar-refractivity contribution is 0.0472. The Kier molecular flexibility index (Phi) is 4.63. The monoisotopic (exact) mass is 350 g/mol. The van der Waals surface area contributed by atoms with Crippen molar-refractivity contribution in [3.05, 3.63) is 56.9 Å². The van der Waals surface area contributed by atoms with Crippen LogP contribution in [0.25, 0.3) is 0 Å². The molecule has 0 fully saturated rings. The first kappa shape index (κ1) is 15.5. The van der Waals surface area contributed by atoms with Crippen molar-refractivity contribution in [3.8, 4) is 0 Å². The number of ether oxygens (including phenoxy) is 1. The molecule has 0 spiro atoms.